The van der Waals surface area contributed by atoms with Crippen molar-refractivity contribution < 1.29 is 0 Å². The minimum atomic E-state index is 0.334. The molecule has 0 N–H and O–H groups in total. The van der Waals surface area contributed by atoms with E-state index in [9.17, 15) is 0 Å². The third-order valence-corrected chi connectivity index (χ3v) is 5.84. The van der Waals surface area contributed by atoms with Crippen LogP contribution in [0.3, 0.4) is 0 Å². The molecule has 0 radical (unpaired) electrons. The first-order chi connectivity index (χ1) is 8.70. The van der Waals surface area contributed by atoms with Gasteiger partial charge in [0.2, 0.25) is 0 Å². The second-order valence-corrected chi connectivity index (χ2v) is 7.10. The van der Waals surface area contributed by atoms with Gasteiger partial charge in [0.05, 0.1) is 5.88 Å². The van der Waals surface area contributed by atoms with Gasteiger partial charge >= 0.3 is 0 Å². The smallest absolute Gasteiger partial charge is 0.147 e. The maximum atomic E-state index is 5.93. The Kier molecular flexibility index (Phi) is 2.33. The van der Waals surface area contributed by atoms with Crippen molar-refractivity contribution in [3.63, 3.8) is 0 Å². The Hall–Kier alpha value is -0.570. The molecule has 5 rings (SSSR count). The Morgan fingerprint density at radius 3 is 2.11 bits per heavy atom. The summed E-state index contributed by atoms with van der Waals surface area (Å²) >= 11 is 5.93. The number of aromatic nitrogens is 3. The van der Waals surface area contributed by atoms with Crippen LogP contribution in [0.25, 0.3) is 0 Å². The minimum absolute atomic E-state index is 0.334. The van der Waals surface area contributed by atoms with E-state index in [0.29, 0.717) is 11.3 Å². The van der Waals surface area contributed by atoms with E-state index in [-0.39, 0.29) is 0 Å². The predicted molar refractivity (Wildman–Crippen MR) is 70.4 cm³/mol. The summed E-state index contributed by atoms with van der Waals surface area (Å²) in [6.07, 6.45) is 8.44. The summed E-state index contributed by atoms with van der Waals surface area (Å²) in [6, 6.07) is 0. The summed E-state index contributed by atoms with van der Waals surface area (Å²) in [5.41, 5.74) is 0.334. The highest BCUT2D eigenvalue weighted by atomic mass is 35.5. The van der Waals surface area contributed by atoms with Gasteiger partial charge in [0.25, 0.3) is 0 Å². The Balaban J connectivity index is 1.76. The fourth-order valence-electron chi connectivity index (χ4n) is 5.32. The molecule has 1 heterocycles. The quantitative estimate of drug-likeness (QED) is 0.770. The first-order valence-electron chi connectivity index (χ1n) is 7.15. The molecule has 98 valence electrons. The van der Waals surface area contributed by atoms with Crippen LogP contribution < -0.4 is 0 Å². The highest BCUT2D eigenvalue weighted by Crippen LogP contribution is 2.60. The van der Waals surface area contributed by atoms with Gasteiger partial charge in [0.15, 0.2) is 0 Å². The molecule has 18 heavy (non-hydrogen) atoms. The van der Waals surface area contributed by atoms with Crippen LogP contribution in [-0.4, -0.2) is 14.8 Å². The number of halogens is 1. The van der Waals surface area contributed by atoms with Crippen molar-refractivity contribution in [1.82, 2.24) is 14.8 Å². The van der Waals surface area contributed by atoms with Crippen molar-refractivity contribution >= 4 is 11.6 Å². The van der Waals surface area contributed by atoms with Crippen LogP contribution in [0.1, 0.15) is 50.2 Å². The summed E-state index contributed by atoms with van der Waals surface area (Å²) in [6.45, 7) is 0. The molecule has 0 saturated heterocycles. The lowest BCUT2D eigenvalue weighted by Gasteiger charge is -2.56. The van der Waals surface area contributed by atoms with Gasteiger partial charge in [-0.25, -0.2) is 0 Å². The Morgan fingerprint density at radius 1 is 1.11 bits per heavy atom. The van der Waals surface area contributed by atoms with Crippen LogP contribution in [0.5, 0.6) is 0 Å². The number of hydrogen-bond acceptors (Lipinski definition) is 2. The van der Waals surface area contributed by atoms with Gasteiger partial charge in [-0.2, -0.15) is 0 Å². The molecule has 0 spiro atoms. The van der Waals surface area contributed by atoms with E-state index in [4.69, 9.17) is 11.6 Å². The number of alkyl halides is 1. The van der Waals surface area contributed by atoms with Gasteiger partial charge in [-0.15, -0.1) is 21.8 Å². The normalized spacial score (nSPS) is 41.6. The fraction of sp³-hybridized carbons (Fsp3) is 0.857. The average Bonchev–Trinajstić information content (AvgIpc) is 2.69. The SMILES string of the molecule is Cn1c(CCl)nnc1C12CC3CC(CC(C3)C1)C2. The van der Waals surface area contributed by atoms with Gasteiger partial charge in [-0.3, -0.25) is 0 Å². The van der Waals surface area contributed by atoms with Crippen molar-refractivity contribution in [1.29, 1.82) is 0 Å². The van der Waals surface area contributed by atoms with Gasteiger partial charge < -0.3 is 4.57 Å². The third-order valence-electron chi connectivity index (χ3n) is 5.60. The van der Waals surface area contributed by atoms with Crippen LogP contribution in [0.15, 0.2) is 0 Å². The van der Waals surface area contributed by atoms with E-state index in [0.717, 1.165) is 23.6 Å². The summed E-state index contributed by atoms with van der Waals surface area (Å²) < 4.78 is 2.17. The molecule has 0 aliphatic heterocycles. The lowest BCUT2D eigenvalue weighted by atomic mass is 9.49. The minimum Gasteiger partial charge on any atom is -0.317 e. The Bertz CT molecular complexity index is 444. The Labute approximate surface area is 113 Å². The number of hydrogen-bond donors (Lipinski definition) is 0. The molecule has 0 atom stereocenters. The molecule has 4 heteroatoms. The van der Waals surface area contributed by atoms with Crippen LogP contribution in [0, 0.1) is 17.8 Å². The van der Waals surface area contributed by atoms with Crippen molar-refractivity contribution in [2.75, 3.05) is 0 Å². The highest BCUT2D eigenvalue weighted by molar-refractivity contribution is 6.16. The molecule has 4 saturated carbocycles. The topological polar surface area (TPSA) is 30.7 Å². The standard InChI is InChI=1S/C14H20ClN3/c1-18-12(8-15)16-17-13(18)14-5-9-2-10(6-14)4-11(3-9)7-14/h9-11H,2-8H2,1H3. The van der Waals surface area contributed by atoms with E-state index in [2.05, 4.69) is 21.8 Å². The first-order valence-corrected chi connectivity index (χ1v) is 7.68. The number of nitrogens with zero attached hydrogens (tertiary/aromatic N) is 3. The summed E-state index contributed by atoms with van der Waals surface area (Å²) in [5.74, 6) is 5.46. The van der Waals surface area contributed by atoms with Crippen LogP contribution in [-0.2, 0) is 18.3 Å². The van der Waals surface area contributed by atoms with E-state index in [1.54, 1.807) is 0 Å². The lowest BCUT2D eigenvalue weighted by Crippen LogP contribution is -2.49. The molecule has 4 bridgehead atoms. The maximum Gasteiger partial charge on any atom is 0.147 e. The molecule has 0 amide bonds. The molecule has 3 nitrogen and oxygen atoms in total. The molecular formula is C14H20ClN3. The monoisotopic (exact) mass is 265 g/mol. The Morgan fingerprint density at radius 2 is 1.67 bits per heavy atom. The average molecular weight is 266 g/mol. The van der Waals surface area contributed by atoms with E-state index in [1.807, 2.05) is 0 Å². The largest absolute Gasteiger partial charge is 0.317 e. The highest BCUT2D eigenvalue weighted by Gasteiger charge is 2.53. The zero-order valence-corrected chi connectivity index (χ0v) is 11.7. The van der Waals surface area contributed by atoms with Crippen molar-refractivity contribution in [3.05, 3.63) is 11.6 Å². The summed E-state index contributed by atoms with van der Waals surface area (Å²) in [5, 5.41) is 8.78. The zero-order valence-electron chi connectivity index (χ0n) is 10.9. The van der Waals surface area contributed by atoms with E-state index in [1.165, 1.54) is 44.3 Å². The predicted octanol–water partition coefficient (Wildman–Crippen LogP) is 3.02. The summed E-state index contributed by atoms with van der Waals surface area (Å²) in [4.78, 5) is 0. The van der Waals surface area contributed by atoms with E-state index < -0.39 is 0 Å². The fourth-order valence-corrected chi connectivity index (χ4v) is 5.56. The van der Waals surface area contributed by atoms with E-state index >= 15 is 0 Å². The molecular weight excluding hydrogens is 246 g/mol. The maximum absolute atomic E-state index is 5.93. The molecule has 0 unspecified atom stereocenters. The van der Waals surface area contributed by atoms with Crippen LogP contribution in [0.2, 0.25) is 0 Å². The third kappa shape index (κ3) is 1.43. The number of rotatable bonds is 2. The second-order valence-electron chi connectivity index (χ2n) is 6.83. The van der Waals surface area contributed by atoms with Gasteiger partial charge in [0.1, 0.15) is 11.6 Å². The van der Waals surface area contributed by atoms with Crippen molar-refractivity contribution in [3.8, 4) is 0 Å². The first kappa shape index (κ1) is 11.3. The molecule has 1 aromatic rings. The lowest BCUT2D eigenvalue weighted by molar-refractivity contribution is -0.0108. The molecule has 4 aliphatic rings. The van der Waals surface area contributed by atoms with Gasteiger partial charge in [-0.05, 0) is 56.3 Å². The molecule has 1 aromatic heterocycles. The van der Waals surface area contributed by atoms with Crippen LogP contribution >= 0.6 is 11.6 Å². The van der Waals surface area contributed by atoms with Crippen molar-refractivity contribution in [2.45, 2.75) is 49.8 Å². The van der Waals surface area contributed by atoms with Crippen molar-refractivity contribution in [2.24, 2.45) is 24.8 Å². The zero-order chi connectivity index (χ0) is 12.3. The van der Waals surface area contributed by atoms with Gasteiger partial charge in [-0.1, -0.05) is 0 Å². The van der Waals surface area contributed by atoms with Gasteiger partial charge in [0, 0.05) is 12.5 Å². The molecule has 0 aromatic carbocycles. The second kappa shape index (κ2) is 3.72. The summed E-state index contributed by atoms with van der Waals surface area (Å²) in [7, 11) is 2.09. The molecule has 4 aliphatic carbocycles. The van der Waals surface area contributed by atoms with Crippen LogP contribution in [0.4, 0.5) is 0 Å². The molecule has 4 fully saturated rings.